The van der Waals surface area contributed by atoms with E-state index in [4.69, 9.17) is 4.99 Å². The highest BCUT2D eigenvalue weighted by atomic mass is 32.2. The molecule has 25 heavy (non-hydrogen) atoms. The average Bonchev–Trinajstić information content (AvgIpc) is 3.10. The first-order chi connectivity index (χ1) is 12.4. The average molecular weight is 337 g/mol. The van der Waals surface area contributed by atoms with Gasteiger partial charge in [0.25, 0.3) is 0 Å². The maximum atomic E-state index is 5.18. The topological polar surface area (TPSA) is 12.4 Å². The van der Waals surface area contributed by atoms with Crippen LogP contribution in [0.2, 0.25) is 0 Å². The zero-order valence-corrected chi connectivity index (χ0v) is 14.3. The standard InChI is InChI=1S/C23H15NS/c1-2-8-15(9-3-1)20-14-21-23(25-20)18-12-6-4-10-16(18)22(24-21)17-11-5-7-13-19(17)23/h1-14,22H. The minimum Gasteiger partial charge on any atom is -0.275 e. The fraction of sp³-hybridized carbons (Fsp3) is 0.0870. The molecule has 0 saturated carbocycles. The lowest BCUT2D eigenvalue weighted by Gasteiger charge is -2.44. The Bertz CT molecular complexity index is 1030. The molecule has 4 aliphatic rings. The first-order valence-corrected chi connectivity index (χ1v) is 9.43. The molecule has 0 amide bonds. The fourth-order valence-corrected chi connectivity index (χ4v) is 6.00. The van der Waals surface area contributed by atoms with Crippen molar-refractivity contribution in [2.45, 2.75) is 10.8 Å². The molecular weight excluding hydrogens is 322 g/mol. The summed E-state index contributed by atoms with van der Waals surface area (Å²) in [6.45, 7) is 0. The zero-order valence-electron chi connectivity index (χ0n) is 13.5. The lowest BCUT2D eigenvalue weighted by Crippen LogP contribution is -2.40. The number of thioether (sulfide) groups is 1. The lowest BCUT2D eigenvalue weighted by atomic mass is 9.70. The molecule has 0 N–H and O–H groups in total. The van der Waals surface area contributed by atoms with Gasteiger partial charge in [-0.15, -0.1) is 11.8 Å². The smallest absolute Gasteiger partial charge is 0.113 e. The Morgan fingerprint density at radius 1 is 0.720 bits per heavy atom. The van der Waals surface area contributed by atoms with Crippen molar-refractivity contribution >= 4 is 22.4 Å². The Morgan fingerprint density at radius 3 is 2.00 bits per heavy atom. The van der Waals surface area contributed by atoms with E-state index in [1.54, 1.807) is 0 Å². The molecule has 0 radical (unpaired) electrons. The summed E-state index contributed by atoms with van der Waals surface area (Å²) in [5.41, 5.74) is 8.03. The Morgan fingerprint density at radius 2 is 1.32 bits per heavy atom. The Hall–Kier alpha value is -2.58. The molecule has 1 spiro atoms. The first-order valence-electron chi connectivity index (χ1n) is 8.61. The van der Waals surface area contributed by atoms with Gasteiger partial charge in [-0.2, -0.15) is 0 Å². The molecule has 2 bridgehead atoms. The van der Waals surface area contributed by atoms with Gasteiger partial charge >= 0.3 is 0 Å². The van der Waals surface area contributed by atoms with Crippen LogP contribution in [-0.2, 0) is 4.75 Å². The van der Waals surface area contributed by atoms with Crippen LogP contribution in [-0.4, -0.2) is 5.71 Å². The van der Waals surface area contributed by atoms with E-state index in [-0.39, 0.29) is 10.8 Å². The van der Waals surface area contributed by atoms with Crippen LogP contribution >= 0.6 is 11.8 Å². The third-order valence-corrected chi connectivity index (χ3v) is 7.02. The Kier molecular flexibility index (Phi) is 2.59. The SMILES string of the molecule is C1=C(c2ccccc2)SC23C1=NC(c1ccccc12)c1ccccc13. The van der Waals surface area contributed by atoms with E-state index in [0.717, 1.165) is 0 Å². The van der Waals surface area contributed by atoms with Gasteiger partial charge in [0, 0.05) is 4.91 Å². The van der Waals surface area contributed by atoms with Crippen LogP contribution < -0.4 is 0 Å². The predicted octanol–water partition coefficient (Wildman–Crippen LogP) is 5.58. The minimum atomic E-state index is -0.187. The van der Waals surface area contributed by atoms with Crippen molar-refractivity contribution in [1.82, 2.24) is 0 Å². The van der Waals surface area contributed by atoms with Gasteiger partial charge in [-0.25, -0.2) is 0 Å². The van der Waals surface area contributed by atoms with Crippen molar-refractivity contribution in [1.29, 1.82) is 0 Å². The molecule has 3 aromatic carbocycles. The van der Waals surface area contributed by atoms with E-state index >= 15 is 0 Å². The van der Waals surface area contributed by atoms with E-state index in [1.807, 2.05) is 11.8 Å². The molecule has 2 heteroatoms. The number of aliphatic imine (C=N–C) groups is 1. The summed E-state index contributed by atoms with van der Waals surface area (Å²) < 4.78 is -0.187. The summed E-state index contributed by atoms with van der Waals surface area (Å²) >= 11 is 1.95. The fourth-order valence-electron chi connectivity index (χ4n) is 4.43. The number of nitrogens with zero attached hydrogens (tertiary/aromatic N) is 1. The van der Waals surface area contributed by atoms with Crippen LogP contribution in [0.25, 0.3) is 4.91 Å². The second kappa shape index (κ2) is 4.74. The van der Waals surface area contributed by atoms with Crippen LogP contribution in [0.3, 0.4) is 0 Å². The molecule has 0 atom stereocenters. The summed E-state index contributed by atoms with van der Waals surface area (Å²) in [6, 6.07) is 28.5. The number of benzene rings is 3. The molecule has 3 heterocycles. The summed E-state index contributed by atoms with van der Waals surface area (Å²) in [7, 11) is 0. The van der Waals surface area contributed by atoms with Gasteiger partial charge in [0.15, 0.2) is 0 Å². The molecule has 1 aliphatic carbocycles. The van der Waals surface area contributed by atoms with E-state index < -0.39 is 0 Å². The molecule has 1 nitrogen and oxygen atoms in total. The third kappa shape index (κ3) is 1.63. The van der Waals surface area contributed by atoms with Crippen LogP contribution in [0.1, 0.15) is 33.9 Å². The van der Waals surface area contributed by atoms with Crippen LogP contribution in [0, 0.1) is 0 Å². The molecule has 3 aliphatic heterocycles. The largest absolute Gasteiger partial charge is 0.275 e. The molecular formula is C23H15NS. The van der Waals surface area contributed by atoms with Crippen molar-refractivity contribution in [3.63, 3.8) is 0 Å². The van der Waals surface area contributed by atoms with Crippen molar-refractivity contribution < 1.29 is 0 Å². The molecule has 118 valence electrons. The monoisotopic (exact) mass is 337 g/mol. The molecule has 0 saturated heterocycles. The van der Waals surface area contributed by atoms with Crippen molar-refractivity contribution in [2.24, 2.45) is 4.99 Å². The Labute approximate surface area is 151 Å². The van der Waals surface area contributed by atoms with Gasteiger partial charge in [0.2, 0.25) is 0 Å². The number of allylic oxidation sites excluding steroid dienone is 1. The summed E-state index contributed by atoms with van der Waals surface area (Å²) in [5.74, 6) is 0. The van der Waals surface area contributed by atoms with Gasteiger partial charge in [-0.3, -0.25) is 4.99 Å². The van der Waals surface area contributed by atoms with Crippen LogP contribution in [0.15, 0.2) is 89.9 Å². The number of rotatable bonds is 1. The lowest BCUT2D eigenvalue weighted by molar-refractivity contribution is 0.728. The van der Waals surface area contributed by atoms with Gasteiger partial charge in [-0.05, 0) is 33.9 Å². The minimum absolute atomic E-state index is 0.135. The molecule has 0 aromatic heterocycles. The molecule has 0 fully saturated rings. The highest BCUT2D eigenvalue weighted by Crippen LogP contribution is 2.63. The van der Waals surface area contributed by atoms with E-state index in [1.165, 1.54) is 38.4 Å². The highest BCUT2D eigenvalue weighted by Gasteiger charge is 2.54. The van der Waals surface area contributed by atoms with Gasteiger partial charge < -0.3 is 0 Å². The van der Waals surface area contributed by atoms with Gasteiger partial charge in [-0.1, -0.05) is 78.9 Å². The predicted molar refractivity (Wildman–Crippen MR) is 105 cm³/mol. The second-order valence-electron chi connectivity index (χ2n) is 6.75. The Balaban J connectivity index is 1.64. The van der Waals surface area contributed by atoms with Gasteiger partial charge in [0.05, 0.1) is 5.71 Å². The maximum Gasteiger partial charge on any atom is 0.113 e. The highest BCUT2D eigenvalue weighted by molar-refractivity contribution is 8.10. The summed E-state index contributed by atoms with van der Waals surface area (Å²) in [4.78, 5) is 6.49. The normalized spacial score (nSPS) is 24.9. The molecule has 7 rings (SSSR count). The molecule has 3 aromatic rings. The van der Waals surface area contributed by atoms with E-state index in [9.17, 15) is 0 Å². The van der Waals surface area contributed by atoms with Crippen LogP contribution in [0.5, 0.6) is 0 Å². The summed E-state index contributed by atoms with van der Waals surface area (Å²) in [6.07, 6.45) is 2.30. The number of hydrogen-bond acceptors (Lipinski definition) is 2. The van der Waals surface area contributed by atoms with Crippen molar-refractivity contribution in [3.8, 4) is 0 Å². The quantitative estimate of drug-likeness (QED) is 0.565. The van der Waals surface area contributed by atoms with E-state index in [0.29, 0.717) is 0 Å². The second-order valence-corrected chi connectivity index (χ2v) is 8.01. The first kappa shape index (κ1) is 13.7. The maximum absolute atomic E-state index is 5.18. The summed E-state index contributed by atoms with van der Waals surface area (Å²) in [5, 5.41) is 0. The molecule has 0 unspecified atom stereocenters. The van der Waals surface area contributed by atoms with Crippen molar-refractivity contribution in [3.05, 3.63) is 113 Å². The van der Waals surface area contributed by atoms with Gasteiger partial charge in [0.1, 0.15) is 10.8 Å². The van der Waals surface area contributed by atoms with E-state index in [2.05, 4.69) is 84.9 Å². The van der Waals surface area contributed by atoms with Crippen molar-refractivity contribution in [2.75, 3.05) is 0 Å². The van der Waals surface area contributed by atoms with Crippen LogP contribution in [0.4, 0.5) is 0 Å². The zero-order chi connectivity index (χ0) is 16.4. The number of hydrogen-bond donors (Lipinski definition) is 0. The third-order valence-electron chi connectivity index (χ3n) is 5.49.